The minimum Gasteiger partial charge on any atom is -0.449 e. The van der Waals surface area contributed by atoms with E-state index < -0.39 is 12.1 Å². The van der Waals surface area contributed by atoms with Crippen molar-refractivity contribution in [1.82, 2.24) is 0 Å². The van der Waals surface area contributed by atoms with Crippen LogP contribution in [-0.2, 0) is 20.7 Å². The zero-order chi connectivity index (χ0) is 18.2. The molecule has 0 saturated heterocycles. The molecule has 0 heterocycles. The van der Waals surface area contributed by atoms with Crippen LogP contribution in [0.2, 0.25) is 0 Å². The van der Waals surface area contributed by atoms with Gasteiger partial charge in [0, 0.05) is 11.8 Å². The topological polar surface area (TPSA) is 55.4 Å². The van der Waals surface area contributed by atoms with Gasteiger partial charge in [0.15, 0.2) is 6.10 Å². The number of esters is 1. The minimum atomic E-state index is -0.878. The van der Waals surface area contributed by atoms with Crippen molar-refractivity contribution in [3.05, 3.63) is 71.3 Å². The molecule has 0 radical (unpaired) electrons. The lowest BCUT2D eigenvalue weighted by Crippen LogP contribution is -2.30. The van der Waals surface area contributed by atoms with Gasteiger partial charge in [-0.3, -0.25) is 4.79 Å². The summed E-state index contributed by atoms with van der Waals surface area (Å²) in [6.07, 6.45) is 2.91. The van der Waals surface area contributed by atoms with Crippen LogP contribution in [0.25, 0.3) is 6.08 Å². The lowest BCUT2D eigenvalue weighted by atomic mass is 10.1. The third kappa shape index (κ3) is 5.31. The van der Waals surface area contributed by atoms with Gasteiger partial charge in [-0.05, 0) is 43.0 Å². The summed E-state index contributed by atoms with van der Waals surface area (Å²) < 4.78 is 5.18. The summed E-state index contributed by atoms with van der Waals surface area (Å²) in [6, 6.07) is 15.3. The number of aryl methyl sites for hydroxylation is 2. The molecule has 130 valence electrons. The number of anilines is 1. The lowest BCUT2D eigenvalue weighted by Gasteiger charge is -2.16. The second-order valence-electron chi connectivity index (χ2n) is 5.77. The van der Waals surface area contributed by atoms with Crippen molar-refractivity contribution < 1.29 is 14.3 Å². The Kier molecular flexibility index (Phi) is 6.52. The zero-order valence-corrected chi connectivity index (χ0v) is 14.8. The van der Waals surface area contributed by atoms with Crippen LogP contribution in [0, 0.1) is 6.92 Å². The largest absolute Gasteiger partial charge is 0.449 e. The second-order valence-corrected chi connectivity index (χ2v) is 5.77. The molecule has 1 atom stereocenters. The standard InChI is InChI=1S/C21H23NO3/c1-4-18-12-8-9-15(2)20(18)22-21(24)16(3)25-19(23)14-13-17-10-6-5-7-11-17/h5-14,16H,4H2,1-3H3,(H,22,24)/b14-13+. The van der Waals surface area contributed by atoms with Crippen molar-refractivity contribution in [1.29, 1.82) is 0 Å². The summed E-state index contributed by atoms with van der Waals surface area (Å²) in [6.45, 7) is 5.53. The Morgan fingerprint density at radius 1 is 1.12 bits per heavy atom. The summed E-state index contributed by atoms with van der Waals surface area (Å²) in [5.74, 6) is -0.891. The Balaban J connectivity index is 1.96. The Hall–Kier alpha value is -2.88. The average Bonchev–Trinajstić information content (AvgIpc) is 2.62. The fraction of sp³-hybridized carbons (Fsp3) is 0.238. The van der Waals surface area contributed by atoms with Gasteiger partial charge in [-0.15, -0.1) is 0 Å². The van der Waals surface area contributed by atoms with Gasteiger partial charge < -0.3 is 10.1 Å². The number of amides is 1. The summed E-state index contributed by atoms with van der Waals surface area (Å²) in [5.41, 5.74) is 3.72. The van der Waals surface area contributed by atoms with Crippen LogP contribution >= 0.6 is 0 Å². The van der Waals surface area contributed by atoms with Crippen LogP contribution in [0.15, 0.2) is 54.6 Å². The van der Waals surface area contributed by atoms with Crippen LogP contribution in [0.5, 0.6) is 0 Å². The molecule has 4 heteroatoms. The first-order chi connectivity index (χ1) is 12.0. The Bertz CT molecular complexity index is 766. The van der Waals surface area contributed by atoms with Crippen molar-refractivity contribution in [2.24, 2.45) is 0 Å². The molecule has 1 unspecified atom stereocenters. The molecule has 2 aromatic rings. The van der Waals surface area contributed by atoms with Crippen LogP contribution in [0.1, 0.15) is 30.5 Å². The van der Waals surface area contributed by atoms with Crippen LogP contribution in [0.4, 0.5) is 5.69 Å². The molecule has 0 aliphatic heterocycles. The maximum Gasteiger partial charge on any atom is 0.331 e. The molecule has 0 aromatic heterocycles. The van der Waals surface area contributed by atoms with E-state index in [1.807, 2.05) is 62.4 Å². The second kappa shape index (κ2) is 8.83. The van der Waals surface area contributed by atoms with Crippen LogP contribution in [0.3, 0.4) is 0 Å². The van der Waals surface area contributed by atoms with Gasteiger partial charge in [0.25, 0.3) is 5.91 Å². The third-order valence-electron chi connectivity index (χ3n) is 3.86. The van der Waals surface area contributed by atoms with Gasteiger partial charge in [-0.2, -0.15) is 0 Å². The highest BCUT2D eigenvalue weighted by Crippen LogP contribution is 2.21. The minimum absolute atomic E-state index is 0.342. The van der Waals surface area contributed by atoms with Crippen molar-refractivity contribution >= 4 is 23.6 Å². The van der Waals surface area contributed by atoms with E-state index in [0.29, 0.717) is 0 Å². The van der Waals surface area contributed by atoms with E-state index in [1.54, 1.807) is 13.0 Å². The quantitative estimate of drug-likeness (QED) is 0.636. The van der Waals surface area contributed by atoms with E-state index in [2.05, 4.69) is 5.32 Å². The molecule has 2 rings (SSSR count). The Morgan fingerprint density at radius 3 is 2.52 bits per heavy atom. The van der Waals surface area contributed by atoms with Gasteiger partial charge in [-0.25, -0.2) is 4.79 Å². The number of para-hydroxylation sites is 1. The number of ether oxygens (including phenoxy) is 1. The Morgan fingerprint density at radius 2 is 1.84 bits per heavy atom. The average molecular weight is 337 g/mol. The van der Waals surface area contributed by atoms with E-state index in [-0.39, 0.29) is 5.91 Å². The van der Waals surface area contributed by atoms with E-state index in [9.17, 15) is 9.59 Å². The van der Waals surface area contributed by atoms with Gasteiger partial charge in [0.1, 0.15) is 0 Å². The summed E-state index contributed by atoms with van der Waals surface area (Å²) in [7, 11) is 0. The molecule has 2 aromatic carbocycles. The fourth-order valence-electron chi connectivity index (χ4n) is 2.42. The molecule has 0 fully saturated rings. The molecule has 25 heavy (non-hydrogen) atoms. The molecule has 0 aliphatic carbocycles. The number of rotatable bonds is 6. The van der Waals surface area contributed by atoms with E-state index in [1.165, 1.54) is 6.08 Å². The fourth-order valence-corrected chi connectivity index (χ4v) is 2.42. The van der Waals surface area contributed by atoms with Crippen molar-refractivity contribution in [3.63, 3.8) is 0 Å². The van der Waals surface area contributed by atoms with Gasteiger partial charge in [-0.1, -0.05) is 55.5 Å². The number of benzene rings is 2. The number of hydrogen-bond donors (Lipinski definition) is 1. The molecule has 1 N–H and O–H groups in total. The molecule has 0 bridgehead atoms. The molecule has 0 saturated carbocycles. The Labute approximate surface area is 148 Å². The maximum absolute atomic E-state index is 12.3. The monoisotopic (exact) mass is 337 g/mol. The van der Waals surface area contributed by atoms with Crippen molar-refractivity contribution in [2.45, 2.75) is 33.3 Å². The molecule has 0 spiro atoms. The van der Waals surface area contributed by atoms with Crippen molar-refractivity contribution in [2.75, 3.05) is 5.32 Å². The zero-order valence-electron chi connectivity index (χ0n) is 14.8. The van der Waals surface area contributed by atoms with Crippen molar-refractivity contribution in [3.8, 4) is 0 Å². The first kappa shape index (κ1) is 18.5. The normalized spacial score (nSPS) is 12.0. The van der Waals surface area contributed by atoms with E-state index in [4.69, 9.17) is 4.74 Å². The highest BCUT2D eigenvalue weighted by Gasteiger charge is 2.18. The summed E-state index contributed by atoms with van der Waals surface area (Å²) in [4.78, 5) is 24.2. The summed E-state index contributed by atoms with van der Waals surface area (Å²) >= 11 is 0. The van der Waals surface area contributed by atoms with Crippen LogP contribution in [-0.4, -0.2) is 18.0 Å². The molecule has 4 nitrogen and oxygen atoms in total. The van der Waals surface area contributed by atoms with Gasteiger partial charge in [0.05, 0.1) is 0 Å². The lowest BCUT2D eigenvalue weighted by molar-refractivity contribution is -0.148. The predicted molar refractivity (Wildman–Crippen MR) is 100 cm³/mol. The molecular weight excluding hydrogens is 314 g/mol. The molecule has 1 amide bonds. The number of nitrogens with one attached hydrogen (secondary N) is 1. The van der Waals surface area contributed by atoms with E-state index >= 15 is 0 Å². The first-order valence-corrected chi connectivity index (χ1v) is 8.34. The highest BCUT2D eigenvalue weighted by molar-refractivity contribution is 5.97. The predicted octanol–water partition coefficient (Wildman–Crippen LogP) is 4.14. The smallest absolute Gasteiger partial charge is 0.331 e. The number of carbonyl (C=O) groups is 2. The SMILES string of the molecule is CCc1cccc(C)c1NC(=O)C(C)OC(=O)/C=C/c1ccccc1. The first-order valence-electron chi connectivity index (χ1n) is 8.34. The molecule has 0 aliphatic rings. The number of hydrogen-bond acceptors (Lipinski definition) is 3. The number of carbonyl (C=O) groups excluding carboxylic acids is 2. The van der Waals surface area contributed by atoms with Crippen LogP contribution < -0.4 is 5.32 Å². The van der Waals surface area contributed by atoms with Gasteiger partial charge in [0.2, 0.25) is 0 Å². The maximum atomic E-state index is 12.3. The van der Waals surface area contributed by atoms with E-state index in [0.717, 1.165) is 28.8 Å². The summed E-state index contributed by atoms with van der Waals surface area (Å²) in [5, 5.41) is 2.87. The molecular formula is C21H23NO3. The van der Waals surface area contributed by atoms with Gasteiger partial charge >= 0.3 is 5.97 Å². The highest BCUT2D eigenvalue weighted by atomic mass is 16.5. The third-order valence-corrected chi connectivity index (χ3v) is 3.86.